The van der Waals surface area contributed by atoms with Gasteiger partial charge in [0.2, 0.25) is 0 Å². The van der Waals surface area contributed by atoms with Crippen molar-refractivity contribution >= 4 is 30.4 Å². The van der Waals surface area contributed by atoms with Crippen molar-refractivity contribution in [2.45, 2.75) is 12.4 Å². The molecule has 0 aliphatic rings. The molecule has 100 valence electrons. The summed E-state index contributed by atoms with van der Waals surface area (Å²) < 4.78 is 65.6. The summed E-state index contributed by atoms with van der Waals surface area (Å²) in [6, 6.07) is 7.83. The zero-order valence-electron chi connectivity index (χ0n) is 9.03. The molecule has 0 aliphatic heterocycles. The third kappa shape index (κ3) is 3.86. The van der Waals surface area contributed by atoms with E-state index in [0.717, 1.165) is 0 Å². The molecule has 8 heteroatoms. The number of alkyl halides is 3. The molecular formula is C10H8F3IO3S. The van der Waals surface area contributed by atoms with Gasteiger partial charge in [0.15, 0.2) is 0 Å². The van der Waals surface area contributed by atoms with Crippen molar-refractivity contribution in [2.24, 2.45) is 0 Å². The molecule has 0 spiro atoms. The fourth-order valence-electron chi connectivity index (χ4n) is 0.840. The van der Waals surface area contributed by atoms with Crippen molar-refractivity contribution in [1.29, 1.82) is 0 Å². The SMILES string of the molecule is CC#CI(OS(=O)(=O)C(F)(F)F)c1ccccc1. The molecule has 1 aromatic rings. The first-order chi connectivity index (χ1) is 8.28. The van der Waals surface area contributed by atoms with Crippen LogP contribution < -0.4 is 0 Å². The third-order valence-electron chi connectivity index (χ3n) is 1.54. The van der Waals surface area contributed by atoms with E-state index in [0.29, 0.717) is 3.57 Å². The molecule has 0 aliphatic carbocycles. The van der Waals surface area contributed by atoms with Crippen LogP contribution in [0.15, 0.2) is 30.3 Å². The van der Waals surface area contributed by atoms with Gasteiger partial charge in [-0.25, -0.2) is 0 Å². The predicted molar refractivity (Wildman–Crippen MR) is 68.7 cm³/mol. The van der Waals surface area contributed by atoms with Gasteiger partial charge < -0.3 is 0 Å². The predicted octanol–water partition coefficient (Wildman–Crippen LogP) is 3.12. The van der Waals surface area contributed by atoms with Gasteiger partial charge in [-0.2, -0.15) is 0 Å². The molecule has 0 N–H and O–H groups in total. The normalized spacial score (nSPS) is 12.6. The van der Waals surface area contributed by atoms with Crippen LogP contribution in [0.2, 0.25) is 0 Å². The standard InChI is InChI=1S/C10H8F3IO3S/c1-2-8-14(9-6-4-3-5-7-9)17-18(15,16)10(11,12)13/h3-7H,1H3. The molecule has 1 rings (SSSR count). The van der Waals surface area contributed by atoms with Crippen molar-refractivity contribution in [2.75, 3.05) is 0 Å². The topological polar surface area (TPSA) is 43.4 Å². The Kier molecular flexibility index (Phi) is 5.01. The van der Waals surface area contributed by atoms with Gasteiger partial charge in [-0.3, -0.25) is 0 Å². The molecular weight excluding hydrogens is 384 g/mol. The van der Waals surface area contributed by atoms with Gasteiger partial charge in [-0.1, -0.05) is 0 Å². The Balaban J connectivity index is 3.07. The molecule has 3 nitrogen and oxygen atoms in total. The van der Waals surface area contributed by atoms with Crippen molar-refractivity contribution in [1.82, 2.24) is 0 Å². The summed E-state index contributed by atoms with van der Waals surface area (Å²) in [7, 11) is -5.60. The Bertz CT molecular complexity index is 558. The summed E-state index contributed by atoms with van der Waals surface area (Å²) in [5.41, 5.74) is -5.42. The summed E-state index contributed by atoms with van der Waals surface area (Å²) in [6.45, 7) is 1.41. The van der Waals surface area contributed by atoms with E-state index in [4.69, 9.17) is 0 Å². The third-order valence-corrected chi connectivity index (χ3v) is 7.78. The number of hydrogen-bond donors (Lipinski definition) is 0. The molecule has 1 aromatic carbocycles. The zero-order chi connectivity index (χ0) is 13.8. The summed E-state index contributed by atoms with van der Waals surface area (Å²) in [6.07, 6.45) is 0. The Morgan fingerprint density at radius 1 is 1.22 bits per heavy atom. The molecule has 18 heavy (non-hydrogen) atoms. The number of benzene rings is 1. The van der Waals surface area contributed by atoms with Crippen LogP contribution in [0.5, 0.6) is 0 Å². The zero-order valence-corrected chi connectivity index (χ0v) is 12.0. The molecule has 0 heterocycles. The van der Waals surface area contributed by atoms with E-state index in [1.807, 2.05) is 0 Å². The molecule has 0 amide bonds. The molecule has 0 bridgehead atoms. The summed E-state index contributed by atoms with van der Waals surface area (Å²) in [5, 5.41) is 0. The Morgan fingerprint density at radius 2 is 1.78 bits per heavy atom. The van der Waals surface area contributed by atoms with E-state index in [-0.39, 0.29) is 0 Å². The van der Waals surface area contributed by atoms with Crippen LogP contribution in [0.25, 0.3) is 0 Å². The van der Waals surface area contributed by atoms with Gasteiger partial charge in [0.05, 0.1) is 0 Å². The van der Waals surface area contributed by atoms with Crippen LogP contribution in [0.1, 0.15) is 6.92 Å². The van der Waals surface area contributed by atoms with Gasteiger partial charge in [0, 0.05) is 0 Å². The fraction of sp³-hybridized carbons (Fsp3) is 0.200. The number of rotatable bonds is 3. The number of halogens is 4. The van der Waals surface area contributed by atoms with Crippen molar-refractivity contribution in [3.63, 3.8) is 0 Å². The first-order valence-electron chi connectivity index (χ1n) is 4.46. The molecule has 0 unspecified atom stereocenters. The van der Waals surface area contributed by atoms with E-state index in [1.165, 1.54) is 19.1 Å². The molecule has 0 fully saturated rings. The molecule has 0 saturated heterocycles. The average Bonchev–Trinajstić information content (AvgIpc) is 2.28. The van der Waals surface area contributed by atoms with Gasteiger partial charge in [0.25, 0.3) is 0 Å². The van der Waals surface area contributed by atoms with E-state index >= 15 is 0 Å². The monoisotopic (exact) mass is 392 g/mol. The van der Waals surface area contributed by atoms with Crippen LogP contribution in [0, 0.1) is 13.4 Å². The summed E-state index contributed by atoms with van der Waals surface area (Å²) in [4.78, 5) is 0. The Hall–Kier alpha value is -0.790. The Morgan fingerprint density at radius 3 is 2.22 bits per heavy atom. The Labute approximate surface area is 110 Å². The van der Waals surface area contributed by atoms with Crippen LogP contribution >= 0.6 is 20.2 Å². The quantitative estimate of drug-likeness (QED) is 0.451. The summed E-state index contributed by atoms with van der Waals surface area (Å²) >= 11 is -3.18. The van der Waals surface area contributed by atoms with Crippen molar-refractivity contribution in [3.05, 3.63) is 33.9 Å². The second-order valence-corrected chi connectivity index (χ2v) is 8.63. The maximum atomic E-state index is 12.2. The van der Waals surface area contributed by atoms with Gasteiger partial charge >= 0.3 is 111 Å². The molecule has 0 radical (unpaired) electrons. The van der Waals surface area contributed by atoms with E-state index in [1.54, 1.807) is 18.2 Å². The molecule has 0 saturated carbocycles. The van der Waals surface area contributed by atoms with Gasteiger partial charge in [-0.05, 0) is 0 Å². The van der Waals surface area contributed by atoms with Crippen molar-refractivity contribution < 1.29 is 24.1 Å². The minimum atomic E-state index is -5.60. The van der Waals surface area contributed by atoms with E-state index in [9.17, 15) is 21.6 Å². The van der Waals surface area contributed by atoms with Gasteiger partial charge in [-0.15, -0.1) is 0 Å². The van der Waals surface area contributed by atoms with Crippen LogP contribution in [0.3, 0.4) is 0 Å². The van der Waals surface area contributed by atoms with Crippen molar-refractivity contribution in [3.8, 4) is 9.85 Å². The second-order valence-electron chi connectivity index (χ2n) is 2.85. The molecule has 0 aromatic heterocycles. The van der Waals surface area contributed by atoms with E-state index in [2.05, 4.69) is 12.4 Å². The average molecular weight is 392 g/mol. The molecule has 0 atom stereocenters. The van der Waals surface area contributed by atoms with Crippen LogP contribution in [0.4, 0.5) is 13.2 Å². The number of hydrogen-bond acceptors (Lipinski definition) is 3. The van der Waals surface area contributed by atoms with Crippen LogP contribution in [-0.4, -0.2) is 13.9 Å². The first-order valence-corrected chi connectivity index (χ1v) is 8.91. The maximum absolute atomic E-state index is 12.2. The second kappa shape index (κ2) is 5.90. The fourth-order valence-corrected chi connectivity index (χ4v) is 5.98. The minimum absolute atomic E-state index is 0.392. The first kappa shape index (κ1) is 15.3. The van der Waals surface area contributed by atoms with Gasteiger partial charge in [0.1, 0.15) is 0 Å². The summed E-state index contributed by atoms with van der Waals surface area (Å²) in [5.74, 6) is 2.40. The van der Waals surface area contributed by atoms with Crippen LogP contribution in [-0.2, 0) is 12.6 Å². The van der Waals surface area contributed by atoms with E-state index < -0.39 is 35.9 Å².